The van der Waals surface area contributed by atoms with Gasteiger partial charge in [-0.15, -0.1) is 0 Å². The Morgan fingerprint density at radius 2 is 2.35 bits per heavy atom. The lowest BCUT2D eigenvalue weighted by atomic mass is 10.0. The molecule has 1 unspecified atom stereocenters. The average molecular weight is 343 g/mol. The Balaban J connectivity index is 1.93. The quantitative estimate of drug-likeness (QED) is 0.751. The van der Waals surface area contributed by atoms with Crippen molar-refractivity contribution in [2.75, 3.05) is 33.5 Å². The van der Waals surface area contributed by atoms with Gasteiger partial charge < -0.3 is 25.3 Å². The number of ether oxygens (including phenoxy) is 3. The molecule has 1 amide bonds. The van der Waals surface area contributed by atoms with Crippen LogP contribution in [-0.2, 0) is 16.1 Å². The normalized spacial score (nSPS) is 17.7. The number of amides is 1. The maximum Gasteiger partial charge on any atom is 0.255 e. The molecule has 0 bridgehead atoms. The maximum atomic E-state index is 10.8. The summed E-state index contributed by atoms with van der Waals surface area (Å²) in [6, 6.07) is 3.64. The summed E-state index contributed by atoms with van der Waals surface area (Å²) in [5.74, 6) is 0.803. The Bertz CT molecular complexity index is 533. The van der Waals surface area contributed by atoms with Crippen LogP contribution in [0.1, 0.15) is 18.4 Å². The van der Waals surface area contributed by atoms with Gasteiger partial charge in [-0.2, -0.15) is 0 Å². The van der Waals surface area contributed by atoms with Gasteiger partial charge >= 0.3 is 0 Å². The number of hydrogen-bond donors (Lipinski definition) is 2. The van der Waals surface area contributed by atoms with E-state index in [0.29, 0.717) is 29.0 Å². The van der Waals surface area contributed by atoms with Crippen LogP contribution in [0.2, 0.25) is 5.02 Å². The summed E-state index contributed by atoms with van der Waals surface area (Å²) < 4.78 is 16.1. The van der Waals surface area contributed by atoms with Crippen molar-refractivity contribution in [3.05, 3.63) is 22.7 Å². The van der Waals surface area contributed by atoms with Crippen LogP contribution in [0.4, 0.5) is 0 Å². The standard InChI is InChI=1S/C16H23ClN2O4/c1-21-14-6-12(5-13(17)16(14)23-10-15(18)20)8-19-7-11-3-2-4-22-9-11/h5-6,11,19H,2-4,7-10H2,1H3,(H2,18,20). The van der Waals surface area contributed by atoms with Gasteiger partial charge in [0.1, 0.15) is 0 Å². The summed E-state index contributed by atoms with van der Waals surface area (Å²) in [4.78, 5) is 10.8. The molecular formula is C16H23ClN2O4. The molecule has 1 fully saturated rings. The Hall–Kier alpha value is -1.50. The summed E-state index contributed by atoms with van der Waals surface area (Å²) in [5.41, 5.74) is 6.06. The molecule has 0 spiro atoms. The van der Waals surface area contributed by atoms with Crippen molar-refractivity contribution < 1.29 is 19.0 Å². The zero-order chi connectivity index (χ0) is 16.7. The minimum atomic E-state index is -0.566. The van der Waals surface area contributed by atoms with Gasteiger partial charge in [-0.3, -0.25) is 4.79 Å². The molecule has 0 aromatic heterocycles. The molecule has 0 saturated carbocycles. The zero-order valence-corrected chi connectivity index (χ0v) is 14.0. The van der Waals surface area contributed by atoms with Gasteiger partial charge in [0, 0.05) is 19.7 Å². The fraction of sp³-hybridized carbons (Fsp3) is 0.562. The van der Waals surface area contributed by atoms with Gasteiger partial charge in [-0.25, -0.2) is 0 Å². The predicted octanol–water partition coefficient (Wildman–Crippen LogP) is 1.73. The van der Waals surface area contributed by atoms with E-state index >= 15 is 0 Å². The molecule has 2 rings (SSSR count). The molecule has 1 aromatic rings. The van der Waals surface area contributed by atoms with Crippen LogP contribution in [0.5, 0.6) is 11.5 Å². The molecule has 1 aliphatic rings. The van der Waals surface area contributed by atoms with Crippen LogP contribution in [0.3, 0.4) is 0 Å². The molecule has 0 aliphatic carbocycles. The van der Waals surface area contributed by atoms with E-state index in [-0.39, 0.29) is 6.61 Å². The highest BCUT2D eigenvalue weighted by Crippen LogP contribution is 2.36. The lowest BCUT2D eigenvalue weighted by molar-refractivity contribution is -0.119. The summed E-state index contributed by atoms with van der Waals surface area (Å²) in [6.07, 6.45) is 2.31. The molecule has 6 nitrogen and oxygen atoms in total. The van der Waals surface area contributed by atoms with Crippen molar-refractivity contribution in [2.45, 2.75) is 19.4 Å². The van der Waals surface area contributed by atoms with E-state index in [1.54, 1.807) is 6.07 Å². The lowest BCUT2D eigenvalue weighted by Crippen LogP contribution is -2.28. The second kappa shape index (κ2) is 8.96. The summed E-state index contributed by atoms with van der Waals surface area (Å²) >= 11 is 6.22. The van der Waals surface area contributed by atoms with Crippen LogP contribution >= 0.6 is 11.6 Å². The zero-order valence-electron chi connectivity index (χ0n) is 13.3. The molecule has 7 heteroatoms. The summed E-state index contributed by atoms with van der Waals surface area (Å²) in [7, 11) is 1.53. The highest BCUT2D eigenvalue weighted by atomic mass is 35.5. The molecule has 0 radical (unpaired) electrons. The second-order valence-corrected chi connectivity index (χ2v) is 5.99. The van der Waals surface area contributed by atoms with Gasteiger partial charge in [0.2, 0.25) is 0 Å². The van der Waals surface area contributed by atoms with Crippen LogP contribution in [0.15, 0.2) is 12.1 Å². The molecule has 3 N–H and O–H groups in total. The Morgan fingerprint density at radius 3 is 3.00 bits per heavy atom. The first kappa shape index (κ1) is 17.8. The third kappa shape index (κ3) is 5.57. The monoisotopic (exact) mass is 342 g/mol. The molecule has 1 saturated heterocycles. The van der Waals surface area contributed by atoms with Crippen LogP contribution < -0.4 is 20.5 Å². The van der Waals surface area contributed by atoms with Crippen molar-refractivity contribution in [1.82, 2.24) is 5.32 Å². The first-order valence-corrected chi connectivity index (χ1v) is 8.04. The number of nitrogens with two attached hydrogens (primary N) is 1. The number of carbonyl (C=O) groups is 1. The molecule has 1 heterocycles. The lowest BCUT2D eigenvalue weighted by Gasteiger charge is -2.22. The third-order valence-electron chi connectivity index (χ3n) is 3.66. The third-order valence-corrected chi connectivity index (χ3v) is 3.95. The highest BCUT2D eigenvalue weighted by Gasteiger charge is 2.15. The number of carbonyl (C=O) groups excluding carboxylic acids is 1. The van der Waals surface area contributed by atoms with Crippen LogP contribution in [0.25, 0.3) is 0 Å². The molecule has 128 valence electrons. The number of benzene rings is 1. The van der Waals surface area contributed by atoms with Crippen molar-refractivity contribution in [2.24, 2.45) is 11.7 Å². The van der Waals surface area contributed by atoms with Crippen molar-refractivity contribution in [3.63, 3.8) is 0 Å². The minimum absolute atomic E-state index is 0.241. The second-order valence-electron chi connectivity index (χ2n) is 5.58. The summed E-state index contributed by atoms with van der Waals surface area (Å²) in [6.45, 7) is 3.02. The maximum absolute atomic E-state index is 10.8. The topological polar surface area (TPSA) is 82.8 Å². The van der Waals surface area contributed by atoms with E-state index < -0.39 is 5.91 Å². The molecular weight excluding hydrogens is 320 g/mol. The molecule has 23 heavy (non-hydrogen) atoms. The van der Waals surface area contributed by atoms with Gasteiger partial charge in [-0.05, 0) is 36.5 Å². The SMILES string of the molecule is COc1cc(CNCC2CCCOC2)cc(Cl)c1OCC(N)=O. The number of halogens is 1. The number of hydrogen-bond acceptors (Lipinski definition) is 5. The Labute approximate surface area is 141 Å². The fourth-order valence-electron chi connectivity index (χ4n) is 2.55. The molecule has 1 atom stereocenters. The summed E-state index contributed by atoms with van der Waals surface area (Å²) in [5, 5.41) is 3.80. The van der Waals surface area contributed by atoms with Crippen molar-refractivity contribution in [3.8, 4) is 11.5 Å². The first-order chi connectivity index (χ1) is 11.1. The van der Waals surface area contributed by atoms with Crippen LogP contribution in [-0.4, -0.2) is 39.4 Å². The van der Waals surface area contributed by atoms with Gasteiger partial charge in [0.05, 0.1) is 18.7 Å². The van der Waals surface area contributed by atoms with E-state index in [4.69, 9.17) is 31.5 Å². The van der Waals surface area contributed by atoms with Gasteiger partial charge in [0.25, 0.3) is 5.91 Å². The number of methoxy groups -OCH3 is 1. The fourth-order valence-corrected chi connectivity index (χ4v) is 2.84. The average Bonchev–Trinajstić information content (AvgIpc) is 2.54. The van der Waals surface area contributed by atoms with E-state index in [1.165, 1.54) is 13.5 Å². The first-order valence-electron chi connectivity index (χ1n) is 7.66. The predicted molar refractivity (Wildman–Crippen MR) is 87.9 cm³/mol. The minimum Gasteiger partial charge on any atom is -0.493 e. The molecule has 1 aromatic carbocycles. The van der Waals surface area contributed by atoms with Crippen molar-refractivity contribution >= 4 is 17.5 Å². The Morgan fingerprint density at radius 1 is 1.52 bits per heavy atom. The van der Waals surface area contributed by atoms with E-state index in [9.17, 15) is 4.79 Å². The number of nitrogens with one attached hydrogen (secondary N) is 1. The Kier molecular flexibility index (Phi) is 6.95. The number of primary amides is 1. The molecule has 1 aliphatic heterocycles. The van der Waals surface area contributed by atoms with E-state index in [0.717, 1.165) is 31.7 Å². The number of rotatable bonds is 8. The highest BCUT2D eigenvalue weighted by molar-refractivity contribution is 6.32. The van der Waals surface area contributed by atoms with E-state index in [2.05, 4.69) is 5.32 Å². The largest absolute Gasteiger partial charge is 0.493 e. The van der Waals surface area contributed by atoms with E-state index in [1.807, 2.05) is 6.07 Å². The van der Waals surface area contributed by atoms with Crippen molar-refractivity contribution in [1.29, 1.82) is 0 Å². The van der Waals surface area contributed by atoms with Gasteiger partial charge in [0.15, 0.2) is 18.1 Å². The van der Waals surface area contributed by atoms with Crippen LogP contribution in [0, 0.1) is 5.92 Å². The van der Waals surface area contributed by atoms with Gasteiger partial charge in [-0.1, -0.05) is 11.6 Å². The smallest absolute Gasteiger partial charge is 0.255 e.